The summed E-state index contributed by atoms with van der Waals surface area (Å²) in [6.45, 7) is 8.98. The second-order valence-electron chi connectivity index (χ2n) is 7.97. The molecule has 2 unspecified atom stereocenters. The van der Waals surface area contributed by atoms with Gasteiger partial charge in [0.15, 0.2) is 17.5 Å². The maximum atomic E-state index is 14.3. The maximum Gasteiger partial charge on any atom is 0.191 e. The van der Waals surface area contributed by atoms with Crippen LogP contribution in [0.25, 0.3) is 0 Å². The van der Waals surface area contributed by atoms with Gasteiger partial charge in [0, 0.05) is 34.9 Å². The monoisotopic (exact) mass is 525 g/mol. The second-order valence-corrected chi connectivity index (χ2v) is 10.3. The number of rotatable bonds is 8. The second kappa shape index (κ2) is 11.3. The van der Waals surface area contributed by atoms with Crippen molar-refractivity contribution in [3.05, 3.63) is 29.6 Å². The van der Waals surface area contributed by atoms with E-state index in [-0.39, 0.29) is 40.6 Å². The van der Waals surface area contributed by atoms with E-state index in [1.54, 1.807) is 13.1 Å². The molecule has 0 heterocycles. The topological polar surface area (TPSA) is 62.7 Å². The van der Waals surface area contributed by atoms with Crippen molar-refractivity contribution in [1.29, 1.82) is 0 Å². The molecule has 0 saturated heterocycles. The first kappa shape index (κ1) is 25.1. The largest absolute Gasteiger partial charge is 0.490 e. The minimum Gasteiger partial charge on any atom is -0.490 e. The Morgan fingerprint density at radius 2 is 2.07 bits per heavy atom. The Morgan fingerprint density at radius 3 is 2.61 bits per heavy atom. The molecular weight excluding hydrogens is 492 g/mol. The molecule has 28 heavy (non-hydrogen) atoms. The average Bonchev–Trinajstić information content (AvgIpc) is 3.43. The molecule has 0 spiro atoms. The Bertz CT molecular complexity index is 691. The van der Waals surface area contributed by atoms with Crippen LogP contribution in [0.15, 0.2) is 23.2 Å². The predicted octanol–water partition coefficient (Wildman–Crippen LogP) is 4.01. The molecule has 0 aliphatic heterocycles. The van der Waals surface area contributed by atoms with Crippen molar-refractivity contribution >= 4 is 40.7 Å². The molecule has 1 aliphatic rings. The molecule has 1 saturated carbocycles. The van der Waals surface area contributed by atoms with Crippen LogP contribution in [-0.2, 0) is 10.8 Å². The molecule has 5 nitrogen and oxygen atoms in total. The molecule has 0 aromatic heterocycles. The fourth-order valence-corrected chi connectivity index (χ4v) is 3.35. The minimum atomic E-state index is -0.920. The molecule has 8 heteroatoms. The van der Waals surface area contributed by atoms with Gasteiger partial charge in [-0.05, 0) is 64.2 Å². The SMILES string of the molecule is CN=C(NCCS(=O)C(C)(C)C)NC(C)c1ccc(OCC2CC2)c(F)c1.I. The van der Waals surface area contributed by atoms with Gasteiger partial charge >= 0.3 is 0 Å². The molecule has 1 aromatic rings. The minimum absolute atomic E-state index is 0. The van der Waals surface area contributed by atoms with Gasteiger partial charge in [-0.3, -0.25) is 9.20 Å². The van der Waals surface area contributed by atoms with Gasteiger partial charge in [0.1, 0.15) is 0 Å². The normalized spacial score (nSPS) is 16.7. The van der Waals surface area contributed by atoms with Gasteiger partial charge < -0.3 is 15.4 Å². The lowest BCUT2D eigenvalue weighted by Crippen LogP contribution is -2.41. The smallest absolute Gasteiger partial charge is 0.191 e. The van der Waals surface area contributed by atoms with Crippen LogP contribution in [0, 0.1) is 11.7 Å². The summed E-state index contributed by atoms with van der Waals surface area (Å²) in [5.74, 6) is 1.70. The first-order chi connectivity index (χ1) is 12.7. The number of aliphatic imine (C=N–C) groups is 1. The van der Waals surface area contributed by atoms with Gasteiger partial charge in [-0.15, -0.1) is 24.0 Å². The van der Waals surface area contributed by atoms with E-state index < -0.39 is 10.8 Å². The third-order valence-corrected chi connectivity index (χ3v) is 6.41. The van der Waals surface area contributed by atoms with Gasteiger partial charge in [0.05, 0.1) is 12.6 Å². The van der Waals surface area contributed by atoms with E-state index in [2.05, 4.69) is 15.6 Å². The third-order valence-electron chi connectivity index (χ3n) is 4.47. The number of ether oxygens (including phenoxy) is 1. The lowest BCUT2D eigenvalue weighted by atomic mass is 10.1. The van der Waals surface area contributed by atoms with Crippen LogP contribution < -0.4 is 15.4 Å². The zero-order chi connectivity index (χ0) is 20.0. The van der Waals surface area contributed by atoms with Crippen molar-refractivity contribution in [1.82, 2.24) is 10.6 Å². The molecule has 1 aromatic carbocycles. The summed E-state index contributed by atoms with van der Waals surface area (Å²) in [5.41, 5.74) is 0.812. The first-order valence-electron chi connectivity index (χ1n) is 9.48. The summed E-state index contributed by atoms with van der Waals surface area (Å²) in [5, 5.41) is 6.40. The van der Waals surface area contributed by atoms with Crippen molar-refractivity contribution in [3.8, 4) is 5.75 Å². The Hall–Kier alpha value is -0.900. The van der Waals surface area contributed by atoms with Gasteiger partial charge in [-0.1, -0.05) is 6.07 Å². The van der Waals surface area contributed by atoms with E-state index in [0.717, 1.165) is 5.56 Å². The molecule has 1 fully saturated rings. The molecule has 1 aliphatic carbocycles. The van der Waals surface area contributed by atoms with E-state index in [9.17, 15) is 8.60 Å². The van der Waals surface area contributed by atoms with Gasteiger partial charge in [-0.25, -0.2) is 4.39 Å². The average molecular weight is 525 g/mol. The standard InChI is InChI=1S/C20H32FN3O2S.HI/c1-14(24-19(22-5)23-10-11-27(25)20(2,3)4)16-8-9-18(17(21)12-16)26-13-15-6-7-15;/h8-9,12,14-15H,6-7,10-11,13H2,1-5H3,(H2,22,23,24);1H. The van der Waals surface area contributed by atoms with Crippen LogP contribution >= 0.6 is 24.0 Å². The molecule has 0 bridgehead atoms. The van der Waals surface area contributed by atoms with Crippen LogP contribution in [0.3, 0.4) is 0 Å². The number of guanidine groups is 1. The molecule has 0 amide bonds. The molecule has 0 radical (unpaired) electrons. The highest BCUT2D eigenvalue weighted by molar-refractivity contribution is 14.0. The van der Waals surface area contributed by atoms with Crippen molar-refractivity contribution in [2.24, 2.45) is 10.9 Å². The molecule has 160 valence electrons. The summed E-state index contributed by atoms with van der Waals surface area (Å²) in [4.78, 5) is 4.19. The zero-order valence-electron chi connectivity index (χ0n) is 17.4. The fraction of sp³-hybridized carbons (Fsp3) is 0.650. The summed E-state index contributed by atoms with van der Waals surface area (Å²) >= 11 is 0. The van der Waals surface area contributed by atoms with E-state index in [4.69, 9.17) is 4.74 Å². The summed E-state index contributed by atoms with van der Waals surface area (Å²) < 4.78 is 31.7. The van der Waals surface area contributed by atoms with E-state index in [1.807, 2.05) is 33.8 Å². The highest BCUT2D eigenvalue weighted by Crippen LogP contribution is 2.30. The highest BCUT2D eigenvalue weighted by atomic mass is 127. The predicted molar refractivity (Wildman–Crippen MR) is 126 cm³/mol. The number of hydrogen-bond acceptors (Lipinski definition) is 3. The Labute approximate surface area is 187 Å². The van der Waals surface area contributed by atoms with Crippen LogP contribution in [0.5, 0.6) is 5.75 Å². The van der Waals surface area contributed by atoms with Crippen LogP contribution in [0.2, 0.25) is 0 Å². The van der Waals surface area contributed by atoms with Crippen molar-refractivity contribution in [3.63, 3.8) is 0 Å². The van der Waals surface area contributed by atoms with Crippen molar-refractivity contribution in [2.45, 2.75) is 51.3 Å². The summed E-state index contributed by atoms with van der Waals surface area (Å²) in [7, 11) is 0.759. The lowest BCUT2D eigenvalue weighted by Gasteiger charge is -2.21. The first-order valence-corrected chi connectivity index (χ1v) is 10.8. The molecule has 2 N–H and O–H groups in total. The van der Waals surface area contributed by atoms with Gasteiger partial charge in [0.2, 0.25) is 0 Å². The van der Waals surface area contributed by atoms with Crippen LogP contribution in [0.1, 0.15) is 52.1 Å². The number of nitrogens with one attached hydrogen (secondary N) is 2. The number of hydrogen-bond donors (Lipinski definition) is 2. The van der Waals surface area contributed by atoms with E-state index in [1.165, 1.54) is 18.9 Å². The van der Waals surface area contributed by atoms with E-state index in [0.29, 0.717) is 36.5 Å². The molecule has 2 atom stereocenters. The molecular formula is C20H33FIN3O2S. The molecule has 2 rings (SSSR count). The van der Waals surface area contributed by atoms with E-state index >= 15 is 0 Å². The third kappa shape index (κ3) is 8.23. The Balaban J connectivity index is 0.00000392. The zero-order valence-corrected chi connectivity index (χ0v) is 20.5. The summed E-state index contributed by atoms with van der Waals surface area (Å²) in [6, 6.07) is 4.93. The number of halogens is 2. The van der Waals surface area contributed by atoms with Crippen LogP contribution in [0.4, 0.5) is 4.39 Å². The quantitative estimate of drug-likeness (QED) is 0.306. The van der Waals surface area contributed by atoms with Crippen LogP contribution in [-0.4, -0.2) is 40.9 Å². The lowest BCUT2D eigenvalue weighted by molar-refractivity contribution is 0.285. The number of nitrogens with zero attached hydrogens (tertiary/aromatic N) is 1. The number of benzene rings is 1. The fourth-order valence-electron chi connectivity index (χ4n) is 2.45. The maximum absolute atomic E-state index is 14.3. The Kier molecular flexibility index (Phi) is 10.2. The van der Waals surface area contributed by atoms with Crippen molar-refractivity contribution in [2.75, 3.05) is 26.0 Å². The summed E-state index contributed by atoms with van der Waals surface area (Å²) in [6.07, 6.45) is 2.35. The highest BCUT2D eigenvalue weighted by Gasteiger charge is 2.23. The van der Waals surface area contributed by atoms with Gasteiger partial charge in [-0.2, -0.15) is 0 Å². The van der Waals surface area contributed by atoms with Gasteiger partial charge in [0.25, 0.3) is 0 Å². The Morgan fingerprint density at radius 1 is 1.39 bits per heavy atom. The van der Waals surface area contributed by atoms with Crippen molar-refractivity contribution < 1.29 is 13.3 Å².